The van der Waals surface area contributed by atoms with Crippen molar-refractivity contribution in [1.82, 2.24) is 14.7 Å². The molecule has 1 atom stereocenters. The fourth-order valence-corrected chi connectivity index (χ4v) is 3.18. The van der Waals surface area contributed by atoms with Crippen LogP contribution < -0.4 is 0 Å². The Balaban J connectivity index is 1.76. The average molecular weight is 349 g/mol. The maximum atomic E-state index is 12.6. The summed E-state index contributed by atoms with van der Waals surface area (Å²) in [6.07, 6.45) is 4.86. The van der Waals surface area contributed by atoms with Crippen LogP contribution in [0.5, 0.6) is 0 Å². The molecule has 2 heterocycles. The molecule has 1 aromatic heterocycles. The number of benzene rings is 1. The molecule has 0 bridgehead atoms. The SMILES string of the molecule is N#Cc1cnn(CC(=O)N2CCC[C@@H]2c2ccc(Cl)c(Cl)c2)c1. The fraction of sp³-hybridized carbons (Fsp3) is 0.312. The first-order valence-corrected chi connectivity index (χ1v) is 8.01. The third-order valence-corrected chi connectivity index (χ3v) is 4.70. The second-order valence-electron chi connectivity index (χ2n) is 5.46. The molecule has 1 aliphatic rings. The van der Waals surface area contributed by atoms with Crippen molar-refractivity contribution in [2.24, 2.45) is 0 Å². The number of halogens is 2. The van der Waals surface area contributed by atoms with E-state index in [1.165, 1.54) is 10.9 Å². The number of nitrogens with zero attached hydrogens (tertiary/aromatic N) is 4. The molecule has 0 N–H and O–H groups in total. The van der Waals surface area contributed by atoms with E-state index in [1.54, 1.807) is 12.3 Å². The Morgan fingerprint density at radius 1 is 1.39 bits per heavy atom. The summed E-state index contributed by atoms with van der Waals surface area (Å²) in [4.78, 5) is 14.4. The molecule has 2 aromatic rings. The number of hydrogen-bond acceptors (Lipinski definition) is 3. The molecular formula is C16H14Cl2N4O. The van der Waals surface area contributed by atoms with Gasteiger partial charge in [0.15, 0.2) is 0 Å². The van der Waals surface area contributed by atoms with Gasteiger partial charge in [-0.1, -0.05) is 29.3 Å². The zero-order valence-corrected chi connectivity index (χ0v) is 13.8. The number of likely N-dealkylation sites (tertiary alicyclic amines) is 1. The Bertz CT molecular complexity index is 781. The molecule has 0 unspecified atom stereocenters. The second kappa shape index (κ2) is 6.61. The van der Waals surface area contributed by atoms with Crippen molar-refractivity contribution >= 4 is 29.1 Å². The molecule has 118 valence electrons. The maximum absolute atomic E-state index is 12.6. The number of carbonyl (C=O) groups excluding carboxylic acids is 1. The molecule has 1 amide bonds. The monoisotopic (exact) mass is 348 g/mol. The summed E-state index contributed by atoms with van der Waals surface area (Å²) in [5.74, 6) is -0.0221. The normalized spacial score (nSPS) is 17.3. The van der Waals surface area contributed by atoms with E-state index in [9.17, 15) is 4.79 Å². The number of rotatable bonds is 3. The number of aromatic nitrogens is 2. The molecule has 0 spiro atoms. The van der Waals surface area contributed by atoms with Crippen LogP contribution in [0.15, 0.2) is 30.6 Å². The van der Waals surface area contributed by atoms with E-state index in [-0.39, 0.29) is 18.5 Å². The van der Waals surface area contributed by atoms with Crippen LogP contribution in [0.1, 0.15) is 30.0 Å². The minimum absolute atomic E-state index is 0.00302. The molecule has 7 heteroatoms. The molecule has 1 aromatic carbocycles. The van der Waals surface area contributed by atoms with Gasteiger partial charge in [0.2, 0.25) is 5.91 Å². The van der Waals surface area contributed by atoms with Gasteiger partial charge in [-0.3, -0.25) is 9.48 Å². The van der Waals surface area contributed by atoms with Gasteiger partial charge in [0, 0.05) is 12.7 Å². The summed E-state index contributed by atoms with van der Waals surface area (Å²) in [5, 5.41) is 13.8. The quantitative estimate of drug-likeness (QED) is 0.853. The molecule has 0 saturated carbocycles. The number of amides is 1. The molecular weight excluding hydrogens is 335 g/mol. The maximum Gasteiger partial charge on any atom is 0.244 e. The van der Waals surface area contributed by atoms with Gasteiger partial charge in [0.1, 0.15) is 12.6 Å². The summed E-state index contributed by atoms with van der Waals surface area (Å²) >= 11 is 12.0. The van der Waals surface area contributed by atoms with Crippen molar-refractivity contribution < 1.29 is 4.79 Å². The Labute approximate surface area is 144 Å². The first-order valence-electron chi connectivity index (χ1n) is 7.25. The van der Waals surface area contributed by atoms with E-state index in [2.05, 4.69) is 5.10 Å². The lowest BCUT2D eigenvalue weighted by Gasteiger charge is -2.25. The zero-order chi connectivity index (χ0) is 16.4. The highest BCUT2D eigenvalue weighted by Crippen LogP contribution is 2.35. The highest BCUT2D eigenvalue weighted by molar-refractivity contribution is 6.42. The minimum Gasteiger partial charge on any atom is -0.334 e. The number of hydrogen-bond donors (Lipinski definition) is 0. The van der Waals surface area contributed by atoms with Crippen LogP contribution in [0.2, 0.25) is 10.0 Å². The van der Waals surface area contributed by atoms with Crippen molar-refractivity contribution in [1.29, 1.82) is 5.26 Å². The molecule has 1 aliphatic heterocycles. The number of nitriles is 1. The lowest BCUT2D eigenvalue weighted by Crippen LogP contribution is -2.33. The third-order valence-electron chi connectivity index (χ3n) is 3.96. The topological polar surface area (TPSA) is 61.9 Å². The van der Waals surface area contributed by atoms with E-state index in [0.29, 0.717) is 22.2 Å². The van der Waals surface area contributed by atoms with Crippen molar-refractivity contribution in [2.75, 3.05) is 6.54 Å². The summed E-state index contributed by atoms with van der Waals surface area (Å²) in [5.41, 5.74) is 1.43. The zero-order valence-electron chi connectivity index (χ0n) is 12.2. The lowest BCUT2D eigenvalue weighted by atomic mass is 10.0. The summed E-state index contributed by atoms with van der Waals surface area (Å²) in [6, 6.07) is 7.49. The molecule has 23 heavy (non-hydrogen) atoms. The Hall–Kier alpha value is -2.03. The van der Waals surface area contributed by atoms with Crippen LogP contribution >= 0.6 is 23.2 Å². The van der Waals surface area contributed by atoms with Crippen LogP contribution in [-0.4, -0.2) is 27.1 Å². The van der Waals surface area contributed by atoms with Crippen LogP contribution in [0.4, 0.5) is 0 Å². The lowest BCUT2D eigenvalue weighted by molar-refractivity contribution is -0.133. The standard InChI is InChI=1S/C16H14Cl2N4O/c17-13-4-3-12(6-14(13)18)15-2-1-5-22(15)16(23)10-21-9-11(7-19)8-20-21/h3-4,6,8-9,15H,1-2,5,10H2/t15-/m1/s1. The van der Waals surface area contributed by atoms with Gasteiger partial charge in [-0.25, -0.2) is 0 Å². The number of carbonyl (C=O) groups is 1. The van der Waals surface area contributed by atoms with Gasteiger partial charge in [0.25, 0.3) is 0 Å². The van der Waals surface area contributed by atoms with Gasteiger partial charge in [-0.2, -0.15) is 10.4 Å². The van der Waals surface area contributed by atoms with Crippen molar-refractivity contribution in [3.63, 3.8) is 0 Å². The Morgan fingerprint density at radius 2 is 2.22 bits per heavy atom. The predicted octanol–water partition coefficient (Wildman–Crippen LogP) is 3.43. The molecule has 0 aliphatic carbocycles. The van der Waals surface area contributed by atoms with Crippen molar-refractivity contribution in [3.8, 4) is 6.07 Å². The second-order valence-corrected chi connectivity index (χ2v) is 6.27. The summed E-state index contributed by atoms with van der Waals surface area (Å²) < 4.78 is 1.49. The van der Waals surface area contributed by atoms with Crippen LogP contribution in [0.3, 0.4) is 0 Å². The Kier molecular flexibility index (Phi) is 4.56. The van der Waals surface area contributed by atoms with Gasteiger partial charge < -0.3 is 4.90 Å². The first-order chi connectivity index (χ1) is 11.1. The van der Waals surface area contributed by atoms with Gasteiger partial charge in [-0.15, -0.1) is 0 Å². The van der Waals surface area contributed by atoms with E-state index in [4.69, 9.17) is 28.5 Å². The van der Waals surface area contributed by atoms with Crippen LogP contribution in [-0.2, 0) is 11.3 Å². The highest BCUT2D eigenvalue weighted by atomic mass is 35.5. The largest absolute Gasteiger partial charge is 0.334 e. The fourth-order valence-electron chi connectivity index (χ4n) is 2.87. The van der Waals surface area contributed by atoms with Gasteiger partial charge in [-0.05, 0) is 30.5 Å². The van der Waals surface area contributed by atoms with Crippen molar-refractivity contribution in [3.05, 3.63) is 51.8 Å². The minimum atomic E-state index is -0.0221. The van der Waals surface area contributed by atoms with Crippen molar-refractivity contribution in [2.45, 2.75) is 25.4 Å². The third kappa shape index (κ3) is 3.34. The Morgan fingerprint density at radius 3 is 2.91 bits per heavy atom. The molecule has 1 fully saturated rings. The average Bonchev–Trinajstić information content (AvgIpc) is 3.18. The first kappa shape index (κ1) is 15.9. The van der Waals surface area contributed by atoms with Crippen LogP contribution in [0.25, 0.3) is 0 Å². The van der Waals surface area contributed by atoms with E-state index >= 15 is 0 Å². The van der Waals surface area contributed by atoms with Crippen LogP contribution in [0, 0.1) is 11.3 Å². The molecule has 0 radical (unpaired) electrons. The van der Waals surface area contributed by atoms with E-state index < -0.39 is 0 Å². The molecule has 5 nitrogen and oxygen atoms in total. The smallest absolute Gasteiger partial charge is 0.244 e. The summed E-state index contributed by atoms with van der Waals surface area (Å²) in [7, 11) is 0. The van der Waals surface area contributed by atoms with Gasteiger partial charge in [0.05, 0.1) is 27.8 Å². The predicted molar refractivity (Wildman–Crippen MR) is 87.1 cm³/mol. The van der Waals surface area contributed by atoms with E-state index in [1.807, 2.05) is 23.1 Å². The molecule has 3 rings (SSSR count). The van der Waals surface area contributed by atoms with E-state index in [0.717, 1.165) is 18.4 Å². The summed E-state index contributed by atoms with van der Waals surface area (Å²) in [6.45, 7) is 0.829. The van der Waals surface area contributed by atoms with Gasteiger partial charge >= 0.3 is 0 Å². The molecule has 1 saturated heterocycles. The highest BCUT2D eigenvalue weighted by Gasteiger charge is 2.30.